The van der Waals surface area contributed by atoms with Crippen LogP contribution in [0.4, 0.5) is 4.39 Å². The van der Waals surface area contributed by atoms with E-state index < -0.39 is 5.82 Å². The number of hydrogen-bond acceptors (Lipinski definition) is 5. The highest BCUT2D eigenvalue weighted by Crippen LogP contribution is 2.31. The zero-order valence-corrected chi connectivity index (χ0v) is 18.3. The average Bonchev–Trinajstić information content (AvgIpc) is 3.30. The van der Waals surface area contributed by atoms with Crippen molar-refractivity contribution >= 4 is 50.7 Å². The van der Waals surface area contributed by atoms with Crippen LogP contribution < -0.4 is 16.4 Å². The molecule has 0 atom stereocenters. The lowest BCUT2D eigenvalue weighted by Gasteiger charge is -2.04. The van der Waals surface area contributed by atoms with Gasteiger partial charge in [-0.05, 0) is 49.4 Å². The minimum absolute atomic E-state index is 0. The van der Waals surface area contributed by atoms with Gasteiger partial charge in [-0.1, -0.05) is 11.3 Å². The molecule has 0 fully saturated rings. The normalized spacial score (nSPS) is 10.8. The number of benzene rings is 2. The lowest BCUT2D eigenvalue weighted by atomic mass is 10.1. The van der Waals surface area contributed by atoms with Crippen LogP contribution >= 0.6 is 23.7 Å². The largest absolute Gasteiger partial charge is 0.355 e. The highest BCUT2D eigenvalue weighted by Gasteiger charge is 2.16. The number of nitrogens with two attached hydrogens (primary N) is 1. The summed E-state index contributed by atoms with van der Waals surface area (Å²) in [5.74, 6) is -1.00. The zero-order valence-electron chi connectivity index (χ0n) is 16.6. The fourth-order valence-corrected chi connectivity index (χ4v) is 4.23. The number of nitrogens with one attached hydrogen (secondary N) is 2. The van der Waals surface area contributed by atoms with Gasteiger partial charge in [0, 0.05) is 36.5 Å². The van der Waals surface area contributed by atoms with E-state index in [1.807, 2.05) is 16.5 Å². The van der Waals surface area contributed by atoms with E-state index in [2.05, 4.69) is 15.6 Å². The average molecular weight is 462 g/mol. The number of carbonyl (C=O) groups excluding carboxylic acids is 2. The molecule has 0 saturated heterocycles. The Morgan fingerprint density at radius 2 is 1.90 bits per heavy atom. The molecule has 4 N–H and O–H groups in total. The molecule has 10 heteroatoms. The third-order valence-electron chi connectivity index (χ3n) is 4.76. The van der Waals surface area contributed by atoms with Crippen LogP contribution in [0.25, 0.3) is 26.4 Å². The molecule has 0 radical (unpaired) electrons. The summed E-state index contributed by atoms with van der Waals surface area (Å²) in [6.45, 7) is 1.06. The summed E-state index contributed by atoms with van der Waals surface area (Å²) in [6.07, 6.45) is 2.48. The number of halogens is 2. The van der Waals surface area contributed by atoms with Gasteiger partial charge in [0.15, 0.2) is 4.96 Å². The first-order valence-corrected chi connectivity index (χ1v) is 10.3. The second-order valence-corrected chi connectivity index (χ2v) is 7.74. The number of thiazole rings is 1. The van der Waals surface area contributed by atoms with Crippen LogP contribution in [0.1, 0.15) is 27.1 Å². The molecule has 4 rings (SSSR count). The van der Waals surface area contributed by atoms with E-state index in [4.69, 9.17) is 5.73 Å². The first-order chi connectivity index (χ1) is 14.5. The molecule has 0 aliphatic heterocycles. The minimum atomic E-state index is -0.511. The summed E-state index contributed by atoms with van der Waals surface area (Å²) in [6, 6.07) is 9.76. The molecule has 0 aliphatic rings. The Hall–Kier alpha value is -3.01. The Kier molecular flexibility index (Phi) is 6.89. The zero-order chi connectivity index (χ0) is 21.3. The van der Waals surface area contributed by atoms with Crippen molar-refractivity contribution in [2.75, 3.05) is 20.1 Å². The van der Waals surface area contributed by atoms with E-state index in [0.29, 0.717) is 34.9 Å². The summed E-state index contributed by atoms with van der Waals surface area (Å²) in [5, 5.41) is 5.31. The van der Waals surface area contributed by atoms with E-state index in [9.17, 15) is 14.0 Å². The summed E-state index contributed by atoms with van der Waals surface area (Å²) < 4.78 is 17.4. The monoisotopic (exact) mass is 461 g/mol. The molecule has 0 saturated carbocycles. The third kappa shape index (κ3) is 4.39. The number of hydrogen-bond donors (Lipinski definition) is 3. The number of carbonyl (C=O) groups is 2. The SMILES string of the molecule is CNC(=O)c1ccc(-c2cn3c(n2)sc2cc(C(=O)NCCCN)ccc23)c(F)c1.Cl. The van der Waals surface area contributed by atoms with E-state index in [0.717, 1.165) is 16.6 Å². The van der Waals surface area contributed by atoms with E-state index in [1.54, 1.807) is 24.4 Å². The number of fused-ring (bicyclic) bond motifs is 3. The molecule has 4 aromatic rings. The molecule has 31 heavy (non-hydrogen) atoms. The molecular formula is C21H21ClFN5O2S. The molecular weight excluding hydrogens is 441 g/mol. The smallest absolute Gasteiger partial charge is 0.251 e. The maximum absolute atomic E-state index is 14.6. The first-order valence-electron chi connectivity index (χ1n) is 9.43. The van der Waals surface area contributed by atoms with Crippen LogP contribution in [-0.4, -0.2) is 41.3 Å². The van der Waals surface area contributed by atoms with Crippen molar-refractivity contribution in [1.29, 1.82) is 0 Å². The van der Waals surface area contributed by atoms with Crippen molar-refractivity contribution in [3.05, 3.63) is 59.5 Å². The predicted molar refractivity (Wildman–Crippen MR) is 123 cm³/mol. The standard InChI is InChI=1S/C21H20FN5O2S.ClH/c1-24-19(28)12-3-5-14(15(22)9-12)16-11-27-17-6-4-13(20(29)25-8-2-7-23)10-18(17)30-21(27)26-16;/h3-6,9-11H,2,7-8,23H2,1H3,(H,24,28)(H,25,29);1H. The highest BCUT2D eigenvalue weighted by molar-refractivity contribution is 7.23. The van der Waals surface area contributed by atoms with Crippen molar-refractivity contribution < 1.29 is 14.0 Å². The molecule has 0 aliphatic carbocycles. The highest BCUT2D eigenvalue weighted by atomic mass is 35.5. The van der Waals surface area contributed by atoms with E-state index in [-0.39, 0.29) is 29.8 Å². The second-order valence-electron chi connectivity index (χ2n) is 6.74. The van der Waals surface area contributed by atoms with Crippen LogP contribution in [-0.2, 0) is 0 Å². The summed E-state index contributed by atoms with van der Waals surface area (Å²) in [7, 11) is 1.50. The van der Waals surface area contributed by atoms with Crippen molar-refractivity contribution in [3.8, 4) is 11.3 Å². The summed E-state index contributed by atoms with van der Waals surface area (Å²) >= 11 is 1.42. The number of rotatable bonds is 6. The van der Waals surface area contributed by atoms with Crippen molar-refractivity contribution in [2.45, 2.75) is 6.42 Å². The van der Waals surface area contributed by atoms with Crippen LogP contribution in [0, 0.1) is 5.82 Å². The lowest BCUT2D eigenvalue weighted by molar-refractivity contribution is 0.0949. The molecule has 2 aromatic heterocycles. The Morgan fingerprint density at radius 3 is 2.61 bits per heavy atom. The van der Waals surface area contributed by atoms with Gasteiger partial charge in [0.2, 0.25) is 0 Å². The Morgan fingerprint density at radius 1 is 1.16 bits per heavy atom. The number of imidazole rings is 1. The van der Waals surface area contributed by atoms with Crippen LogP contribution in [0.2, 0.25) is 0 Å². The van der Waals surface area contributed by atoms with Crippen molar-refractivity contribution in [3.63, 3.8) is 0 Å². The van der Waals surface area contributed by atoms with Gasteiger partial charge in [0.05, 0.1) is 15.9 Å². The molecule has 2 amide bonds. The quantitative estimate of drug-likeness (QED) is 0.384. The number of amides is 2. The molecule has 0 unspecified atom stereocenters. The predicted octanol–water partition coefficient (Wildman–Crippen LogP) is 3.22. The minimum Gasteiger partial charge on any atom is -0.355 e. The summed E-state index contributed by atoms with van der Waals surface area (Å²) in [5.41, 5.74) is 7.96. The Bertz CT molecular complexity index is 1270. The lowest BCUT2D eigenvalue weighted by Crippen LogP contribution is -2.25. The van der Waals surface area contributed by atoms with Gasteiger partial charge >= 0.3 is 0 Å². The first kappa shape index (κ1) is 22.7. The number of nitrogens with zero attached hydrogens (tertiary/aromatic N) is 2. The maximum Gasteiger partial charge on any atom is 0.251 e. The maximum atomic E-state index is 14.6. The third-order valence-corrected chi connectivity index (χ3v) is 5.77. The Balaban J connectivity index is 0.00000272. The fourth-order valence-electron chi connectivity index (χ4n) is 3.19. The van der Waals surface area contributed by atoms with Crippen LogP contribution in [0.15, 0.2) is 42.6 Å². The molecule has 2 aromatic carbocycles. The molecule has 7 nitrogen and oxygen atoms in total. The molecule has 0 spiro atoms. The van der Waals surface area contributed by atoms with Gasteiger partial charge in [-0.15, -0.1) is 12.4 Å². The van der Waals surface area contributed by atoms with Crippen LogP contribution in [0.5, 0.6) is 0 Å². The van der Waals surface area contributed by atoms with Gasteiger partial charge in [-0.3, -0.25) is 14.0 Å². The topological polar surface area (TPSA) is 102 Å². The van der Waals surface area contributed by atoms with Crippen LogP contribution in [0.3, 0.4) is 0 Å². The van der Waals surface area contributed by atoms with E-state index in [1.165, 1.54) is 24.5 Å². The van der Waals surface area contributed by atoms with Gasteiger partial charge in [0.25, 0.3) is 11.8 Å². The molecule has 0 bridgehead atoms. The van der Waals surface area contributed by atoms with Gasteiger partial charge in [0.1, 0.15) is 5.82 Å². The fraction of sp³-hybridized carbons (Fsp3) is 0.190. The van der Waals surface area contributed by atoms with Gasteiger partial charge < -0.3 is 16.4 Å². The van der Waals surface area contributed by atoms with E-state index >= 15 is 0 Å². The molecule has 162 valence electrons. The summed E-state index contributed by atoms with van der Waals surface area (Å²) in [4.78, 5) is 29.2. The molecule has 2 heterocycles. The second kappa shape index (κ2) is 9.42. The Labute approximate surface area is 187 Å². The van der Waals surface area contributed by atoms with Gasteiger partial charge in [-0.25, -0.2) is 9.37 Å². The number of aromatic nitrogens is 2. The van der Waals surface area contributed by atoms with Crippen molar-refractivity contribution in [2.24, 2.45) is 5.73 Å². The van der Waals surface area contributed by atoms with Gasteiger partial charge in [-0.2, -0.15) is 0 Å². The van der Waals surface area contributed by atoms with Crippen molar-refractivity contribution in [1.82, 2.24) is 20.0 Å².